The minimum absolute atomic E-state index is 0.653. The molecule has 0 aromatic carbocycles. The summed E-state index contributed by atoms with van der Waals surface area (Å²) in [5, 5.41) is 0. The number of nitrogens with two attached hydrogens (primary N) is 1. The van der Waals surface area contributed by atoms with E-state index in [2.05, 4.69) is 17.1 Å². The highest BCUT2D eigenvalue weighted by molar-refractivity contribution is 5.77. The minimum Gasteiger partial charge on any atom is -0.370 e. The Balaban J connectivity index is 1.91. The lowest BCUT2D eigenvalue weighted by molar-refractivity contribution is 0.227. The molecule has 0 saturated heterocycles. The van der Waals surface area contributed by atoms with Crippen LogP contribution in [0.15, 0.2) is 17.1 Å². The number of allylic oxidation sites excluding steroid dienone is 2. The van der Waals surface area contributed by atoms with Crippen molar-refractivity contribution in [3.63, 3.8) is 0 Å². The van der Waals surface area contributed by atoms with E-state index in [1.807, 2.05) is 19.0 Å². The predicted octanol–water partition coefficient (Wildman–Crippen LogP) is 1.47. The van der Waals surface area contributed by atoms with Crippen LogP contribution in [0.4, 0.5) is 0 Å². The average Bonchev–Trinajstić information content (AvgIpc) is 2.27. The summed E-state index contributed by atoms with van der Waals surface area (Å²) in [7, 11) is 3.87. The van der Waals surface area contributed by atoms with Gasteiger partial charge in [0.05, 0.1) is 0 Å². The molecule has 3 aliphatic rings. The molecule has 0 aromatic rings. The SMILES string of the molecule is CN(C)C(N)=NCC1CC2C=CC1CC2. The second-order valence-electron chi connectivity index (χ2n) is 4.98. The Bertz CT molecular complexity index is 281. The lowest BCUT2D eigenvalue weighted by Gasteiger charge is -2.37. The lowest BCUT2D eigenvalue weighted by atomic mass is 9.69. The maximum absolute atomic E-state index is 5.79. The maximum atomic E-state index is 5.79. The van der Waals surface area contributed by atoms with Crippen molar-refractivity contribution in [2.45, 2.75) is 19.3 Å². The molecule has 15 heavy (non-hydrogen) atoms. The van der Waals surface area contributed by atoms with Crippen LogP contribution in [0, 0.1) is 17.8 Å². The van der Waals surface area contributed by atoms with Crippen LogP contribution in [-0.4, -0.2) is 31.5 Å². The molecular formula is C12H21N3. The standard InChI is InChI=1S/C12H21N3/c1-15(2)12(13)14-8-11-7-9-3-5-10(11)6-4-9/h3,5,9-11H,4,6-8H2,1-2H3,(H2,13,14). The predicted molar refractivity (Wildman–Crippen MR) is 63.6 cm³/mol. The van der Waals surface area contributed by atoms with Crippen molar-refractivity contribution in [1.29, 1.82) is 0 Å². The first kappa shape index (κ1) is 10.5. The molecule has 3 unspecified atom stereocenters. The van der Waals surface area contributed by atoms with Gasteiger partial charge in [0.2, 0.25) is 0 Å². The number of nitrogens with zero attached hydrogens (tertiary/aromatic N) is 2. The monoisotopic (exact) mass is 207 g/mol. The summed E-state index contributed by atoms with van der Waals surface area (Å²) in [6, 6.07) is 0. The number of rotatable bonds is 2. The van der Waals surface area contributed by atoms with Crippen molar-refractivity contribution in [1.82, 2.24) is 4.90 Å². The van der Waals surface area contributed by atoms with Gasteiger partial charge in [0.15, 0.2) is 5.96 Å². The van der Waals surface area contributed by atoms with Crippen LogP contribution in [0.25, 0.3) is 0 Å². The summed E-state index contributed by atoms with van der Waals surface area (Å²) in [6.45, 7) is 0.898. The van der Waals surface area contributed by atoms with E-state index >= 15 is 0 Å². The smallest absolute Gasteiger partial charge is 0.190 e. The van der Waals surface area contributed by atoms with Gasteiger partial charge >= 0.3 is 0 Å². The third-order valence-corrected chi connectivity index (χ3v) is 3.66. The Kier molecular flexibility index (Phi) is 2.98. The van der Waals surface area contributed by atoms with Gasteiger partial charge in [-0.15, -0.1) is 0 Å². The fourth-order valence-electron chi connectivity index (χ4n) is 2.61. The topological polar surface area (TPSA) is 41.6 Å². The van der Waals surface area contributed by atoms with Crippen molar-refractivity contribution in [3.8, 4) is 0 Å². The number of aliphatic imine (C=N–C) groups is 1. The molecule has 3 nitrogen and oxygen atoms in total. The van der Waals surface area contributed by atoms with Crippen LogP contribution < -0.4 is 5.73 Å². The van der Waals surface area contributed by atoms with E-state index in [1.165, 1.54) is 19.3 Å². The van der Waals surface area contributed by atoms with Crippen molar-refractivity contribution in [3.05, 3.63) is 12.2 Å². The second-order valence-corrected chi connectivity index (χ2v) is 4.98. The van der Waals surface area contributed by atoms with Gasteiger partial charge in [0.25, 0.3) is 0 Å². The highest BCUT2D eigenvalue weighted by Crippen LogP contribution is 2.40. The molecule has 0 radical (unpaired) electrons. The van der Waals surface area contributed by atoms with Crippen LogP contribution in [0.5, 0.6) is 0 Å². The van der Waals surface area contributed by atoms with Crippen molar-refractivity contribution >= 4 is 5.96 Å². The zero-order valence-corrected chi connectivity index (χ0v) is 9.69. The van der Waals surface area contributed by atoms with Crippen LogP contribution >= 0.6 is 0 Å². The zero-order valence-electron chi connectivity index (χ0n) is 9.69. The molecule has 0 amide bonds. The fraction of sp³-hybridized carbons (Fsp3) is 0.750. The van der Waals surface area contributed by atoms with Crippen LogP contribution in [-0.2, 0) is 0 Å². The van der Waals surface area contributed by atoms with Crippen LogP contribution in [0.2, 0.25) is 0 Å². The first-order chi connectivity index (χ1) is 7.16. The number of hydrogen-bond donors (Lipinski definition) is 1. The number of hydrogen-bond acceptors (Lipinski definition) is 1. The van der Waals surface area contributed by atoms with Gasteiger partial charge in [-0.25, -0.2) is 0 Å². The van der Waals surface area contributed by atoms with E-state index < -0.39 is 0 Å². The second kappa shape index (κ2) is 4.25. The summed E-state index contributed by atoms with van der Waals surface area (Å²) in [5.41, 5.74) is 5.79. The summed E-state index contributed by atoms with van der Waals surface area (Å²) >= 11 is 0. The lowest BCUT2D eigenvalue weighted by Crippen LogP contribution is -2.33. The quantitative estimate of drug-likeness (QED) is 0.423. The van der Waals surface area contributed by atoms with E-state index in [0.717, 1.165) is 24.3 Å². The Hall–Kier alpha value is -0.990. The molecule has 0 heterocycles. The molecule has 0 aliphatic heterocycles. The normalized spacial score (nSPS) is 34.5. The Morgan fingerprint density at radius 3 is 2.67 bits per heavy atom. The molecule has 84 valence electrons. The average molecular weight is 207 g/mol. The highest BCUT2D eigenvalue weighted by atomic mass is 15.2. The maximum Gasteiger partial charge on any atom is 0.190 e. The molecule has 3 rings (SSSR count). The molecule has 3 atom stereocenters. The molecule has 0 aromatic heterocycles. The molecule has 1 fully saturated rings. The van der Waals surface area contributed by atoms with Crippen molar-refractivity contribution in [2.24, 2.45) is 28.5 Å². The summed E-state index contributed by atoms with van der Waals surface area (Å²) in [5.74, 6) is 2.96. The largest absolute Gasteiger partial charge is 0.370 e. The molecular weight excluding hydrogens is 186 g/mol. The van der Waals surface area contributed by atoms with Gasteiger partial charge in [-0.1, -0.05) is 12.2 Å². The van der Waals surface area contributed by atoms with Crippen LogP contribution in [0.3, 0.4) is 0 Å². The van der Waals surface area contributed by atoms with Gasteiger partial charge in [-0.05, 0) is 37.0 Å². The van der Waals surface area contributed by atoms with Gasteiger partial charge in [0, 0.05) is 20.6 Å². The Morgan fingerprint density at radius 1 is 1.40 bits per heavy atom. The van der Waals surface area contributed by atoms with Gasteiger partial charge in [0.1, 0.15) is 0 Å². The van der Waals surface area contributed by atoms with Crippen molar-refractivity contribution in [2.75, 3.05) is 20.6 Å². The summed E-state index contributed by atoms with van der Waals surface area (Å²) < 4.78 is 0. The minimum atomic E-state index is 0.653. The molecule has 2 bridgehead atoms. The number of guanidine groups is 1. The third-order valence-electron chi connectivity index (χ3n) is 3.66. The van der Waals surface area contributed by atoms with Crippen molar-refractivity contribution < 1.29 is 0 Å². The molecule has 3 aliphatic carbocycles. The Morgan fingerprint density at radius 2 is 2.20 bits per heavy atom. The molecule has 0 spiro atoms. The molecule has 2 N–H and O–H groups in total. The van der Waals surface area contributed by atoms with E-state index in [-0.39, 0.29) is 0 Å². The molecule has 3 heteroatoms. The van der Waals surface area contributed by atoms with E-state index in [4.69, 9.17) is 5.73 Å². The van der Waals surface area contributed by atoms with Gasteiger partial charge < -0.3 is 10.6 Å². The Labute approximate surface area is 92.0 Å². The van der Waals surface area contributed by atoms with E-state index in [1.54, 1.807) is 0 Å². The molecule has 1 saturated carbocycles. The van der Waals surface area contributed by atoms with Crippen LogP contribution in [0.1, 0.15) is 19.3 Å². The fourth-order valence-corrected chi connectivity index (χ4v) is 2.61. The third kappa shape index (κ3) is 2.33. The first-order valence-electron chi connectivity index (χ1n) is 5.82. The zero-order chi connectivity index (χ0) is 10.8. The summed E-state index contributed by atoms with van der Waals surface area (Å²) in [6.07, 6.45) is 8.83. The van der Waals surface area contributed by atoms with Gasteiger partial charge in [-0.2, -0.15) is 0 Å². The van der Waals surface area contributed by atoms with E-state index in [0.29, 0.717) is 5.96 Å². The van der Waals surface area contributed by atoms with E-state index in [9.17, 15) is 0 Å². The summed E-state index contributed by atoms with van der Waals surface area (Å²) in [4.78, 5) is 6.32. The number of fused-ring (bicyclic) bond motifs is 2. The highest BCUT2D eigenvalue weighted by Gasteiger charge is 2.31. The first-order valence-corrected chi connectivity index (χ1v) is 5.82. The van der Waals surface area contributed by atoms with Gasteiger partial charge in [-0.3, -0.25) is 4.99 Å².